The summed E-state index contributed by atoms with van der Waals surface area (Å²) >= 11 is 0. The van der Waals surface area contributed by atoms with Crippen molar-refractivity contribution >= 4 is 5.69 Å². The van der Waals surface area contributed by atoms with Crippen molar-refractivity contribution in [1.82, 2.24) is 4.90 Å². The van der Waals surface area contributed by atoms with Gasteiger partial charge in [0.05, 0.1) is 5.69 Å². The van der Waals surface area contributed by atoms with Crippen LogP contribution in [-0.2, 0) is 0 Å². The Kier molecular flexibility index (Phi) is 4.76. The van der Waals surface area contributed by atoms with Crippen LogP contribution in [0.1, 0.15) is 25.7 Å². The Morgan fingerprint density at radius 1 is 1.05 bits per heavy atom. The normalized spacial score (nSPS) is 27.8. The highest BCUT2D eigenvalue weighted by molar-refractivity contribution is 5.47. The van der Waals surface area contributed by atoms with E-state index < -0.39 is 0 Å². The third-order valence-electron chi connectivity index (χ3n) is 5.03. The van der Waals surface area contributed by atoms with E-state index in [2.05, 4.69) is 9.80 Å². The van der Waals surface area contributed by atoms with Crippen molar-refractivity contribution in [2.75, 3.05) is 37.6 Å². The molecule has 1 aromatic rings. The number of hydrogen-bond acceptors (Lipinski definition) is 3. The first-order valence-corrected chi connectivity index (χ1v) is 8.21. The first kappa shape index (κ1) is 14.8. The van der Waals surface area contributed by atoms with Crippen LogP contribution in [-0.4, -0.2) is 43.7 Å². The summed E-state index contributed by atoms with van der Waals surface area (Å²) in [5.41, 5.74) is 6.99. The number of anilines is 1. The summed E-state index contributed by atoms with van der Waals surface area (Å²) in [5.74, 6) is 0.541. The SMILES string of the molecule is NC1CCCCC1CN1CCN(c2ccccc2F)CC1. The third kappa shape index (κ3) is 3.55. The van der Waals surface area contributed by atoms with E-state index in [-0.39, 0.29) is 5.82 Å². The molecular weight excluding hydrogens is 265 g/mol. The van der Waals surface area contributed by atoms with E-state index in [9.17, 15) is 4.39 Å². The number of nitrogens with two attached hydrogens (primary N) is 1. The van der Waals surface area contributed by atoms with Gasteiger partial charge in [-0.2, -0.15) is 0 Å². The molecule has 1 heterocycles. The highest BCUT2D eigenvalue weighted by Gasteiger charge is 2.26. The van der Waals surface area contributed by atoms with Crippen LogP contribution in [0.4, 0.5) is 10.1 Å². The van der Waals surface area contributed by atoms with Gasteiger partial charge in [0, 0.05) is 38.8 Å². The molecule has 0 amide bonds. The van der Waals surface area contributed by atoms with Crippen LogP contribution in [0.25, 0.3) is 0 Å². The van der Waals surface area contributed by atoms with E-state index in [1.165, 1.54) is 25.7 Å². The van der Waals surface area contributed by atoms with Crippen LogP contribution < -0.4 is 10.6 Å². The molecule has 1 saturated carbocycles. The maximum atomic E-state index is 13.8. The fraction of sp³-hybridized carbons (Fsp3) is 0.647. The van der Waals surface area contributed by atoms with E-state index >= 15 is 0 Å². The topological polar surface area (TPSA) is 32.5 Å². The van der Waals surface area contributed by atoms with Crippen molar-refractivity contribution in [3.05, 3.63) is 30.1 Å². The maximum Gasteiger partial charge on any atom is 0.146 e. The Morgan fingerprint density at radius 2 is 1.76 bits per heavy atom. The van der Waals surface area contributed by atoms with E-state index in [0.29, 0.717) is 12.0 Å². The molecule has 2 N–H and O–H groups in total. The Labute approximate surface area is 126 Å². The molecule has 1 aromatic carbocycles. The smallest absolute Gasteiger partial charge is 0.146 e. The number of rotatable bonds is 3. The Balaban J connectivity index is 1.52. The molecule has 1 aliphatic carbocycles. The van der Waals surface area contributed by atoms with Gasteiger partial charge < -0.3 is 10.6 Å². The van der Waals surface area contributed by atoms with E-state index in [4.69, 9.17) is 5.73 Å². The molecule has 2 unspecified atom stereocenters. The van der Waals surface area contributed by atoms with Gasteiger partial charge in [0.2, 0.25) is 0 Å². The number of halogens is 1. The minimum absolute atomic E-state index is 0.111. The van der Waals surface area contributed by atoms with Gasteiger partial charge in [-0.15, -0.1) is 0 Å². The van der Waals surface area contributed by atoms with Gasteiger partial charge >= 0.3 is 0 Å². The van der Waals surface area contributed by atoms with Gasteiger partial charge in [-0.3, -0.25) is 4.90 Å². The number of hydrogen-bond donors (Lipinski definition) is 1. The molecule has 2 atom stereocenters. The van der Waals surface area contributed by atoms with Crippen molar-refractivity contribution in [2.24, 2.45) is 11.7 Å². The molecule has 2 aliphatic rings. The second-order valence-corrected chi connectivity index (χ2v) is 6.45. The number of benzene rings is 1. The fourth-order valence-corrected chi connectivity index (χ4v) is 3.67. The van der Waals surface area contributed by atoms with E-state index in [1.54, 1.807) is 12.1 Å². The van der Waals surface area contributed by atoms with Crippen LogP contribution in [0.2, 0.25) is 0 Å². The molecule has 0 radical (unpaired) electrons. The lowest BCUT2D eigenvalue weighted by Gasteiger charge is -2.39. The second kappa shape index (κ2) is 6.75. The molecule has 1 aliphatic heterocycles. The lowest BCUT2D eigenvalue weighted by atomic mass is 9.84. The molecule has 3 rings (SSSR count). The Hall–Kier alpha value is -1.13. The summed E-state index contributed by atoms with van der Waals surface area (Å²) < 4.78 is 13.8. The van der Waals surface area contributed by atoms with Crippen LogP contribution in [0.15, 0.2) is 24.3 Å². The average Bonchev–Trinajstić information content (AvgIpc) is 2.51. The van der Waals surface area contributed by atoms with E-state index in [0.717, 1.165) is 38.4 Å². The second-order valence-electron chi connectivity index (χ2n) is 6.45. The number of nitrogens with zero attached hydrogens (tertiary/aromatic N) is 2. The van der Waals surface area contributed by atoms with Crippen molar-refractivity contribution < 1.29 is 4.39 Å². The lowest BCUT2D eigenvalue weighted by Crippen LogP contribution is -2.50. The number of piperazine rings is 1. The minimum Gasteiger partial charge on any atom is -0.367 e. The monoisotopic (exact) mass is 291 g/mol. The number of para-hydroxylation sites is 1. The van der Waals surface area contributed by atoms with Gasteiger partial charge in [-0.05, 0) is 30.9 Å². The summed E-state index contributed by atoms with van der Waals surface area (Å²) in [7, 11) is 0. The summed E-state index contributed by atoms with van der Waals surface area (Å²) in [6.07, 6.45) is 5.07. The van der Waals surface area contributed by atoms with Crippen molar-refractivity contribution in [3.8, 4) is 0 Å². The van der Waals surface area contributed by atoms with Crippen LogP contribution >= 0.6 is 0 Å². The predicted molar refractivity (Wildman–Crippen MR) is 85.0 cm³/mol. The minimum atomic E-state index is -0.111. The fourth-order valence-electron chi connectivity index (χ4n) is 3.67. The zero-order chi connectivity index (χ0) is 14.7. The van der Waals surface area contributed by atoms with Crippen molar-refractivity contribution in [3.63, 3.8) is 0 Å². The van der Waals surface area contributed by atoms with Crippen LogP contribution in [0.3, 0.4) is 0 Å². The zero-order valence-electron chi connectivity index (χ0n) is 12.7. The highest BCUT2D eigenvalue weighted by atomic mass is 19.1. The molecule has 0 aromatic heterocycles. The third-order valence-corrected chi connectivity index (χ3v) is 5.03. The first-order chi connectivity index (χ1) is 10.2. The first-order valence-electron chi connectivity index (χ1n) is 8.21. The Bertz CT molecular complexity index is 457. The molecule has 2 fully saturated rings. The summed E-state index contributed by atoms with van der Waals surface area (Å²) in [5, 5.41) is 0. The predicted octanol–water partition coefficient (Wildman–Crippen LogP) is 2.47. The van der Waals surface area contributed by atoms with Crippen molar-refractivity contribution in [1.29, 1.82) is 0 Å². The van der Waals surface area contributed by atoms with Crippen LogP contribution in [0, 0.1) is 11.7 Å². The molecule has 0 bridgehead atoms. The van der Waals surface area contributed by atoms with Gasteiger partial charge in [0.1, 0.15) is 5.82 Å². The van der Waals surface area contributed by atoms with Gasteiger partial charge in [-0.1, -0.05) is 25.0 Å². The molecule has 4 heteroatoms. The molecule has 116 valence electrons. The summed E-state index contributed by atoms with van der Waals surface area (Å²) in [4.78, 5) is 4.67. The maximum absolute atomic E-state index is 13.8. The highest BCUT2D eigenvalue weighted by Crippen LogP contribution is 2.25. The largest absolute Gasteiger partial charge is 0.367 e. The summed E-state index contributed by atoms with van der Waals surface area (Å²) in [6, 6.07) is 7.46. The lowest BCUT2D eigenvalue weighted by molar-refractivity contribution is 0.176. The Morgan fingerprint density at radius 3 is 2.48 bits per heavy atom. The zero-order valence-corrected chi connectivity index (χ0v) is 12.7. The average molecular weight is 291 g/mol. The van der Waals surface area contributed by atoms with Crippen LogP contribution in [0.5, 0.6) is 0 Å². The van der Waals surface area contributed by atoms with Crippen molar-refractivity contribution in [2.45, 2.75) is 31.7 Å². The van der Waals surface area contributed by atoms with E-state index in [1.807, 2.05) is 12.1 Å². The molecule has 1 saturated heterocycles. The quantitative estimate of drug-likeness (QED) is 0.928. The summed E-state index contributed by atoms with van der Waals surface area (Å²) in [6.45, 7) is 4.95. The molecular formula is C17H26FN3. The molecule has 21 heavy (non-hydrogen) atoms. The standard InChI is InChI=1S/C17H26FN3/c18-15-6-2-4-8-17(15)21-11-9-20(10-12-21)13-14-5-1-3-7-16(14)19/h2,4,6,8,14,16H,1,3,5,7,9-13,19H2. The van der Waals surface area contributed by atoms with Gasteiger partial charge in [0.15, 0.2) is 0 Å². The van der Waals surface area contributed by atoms with Gasteiger partial charge in [0.25, 0.3) is 0 Å². The molecule has 0 spiro atoms. The van der Waals surface area contributed by atoms with Gasteiger partial charge in [-0.25, -0.2) is 4.39 Å². The molecule has 3 nitrogen and oxygen atoms in total.